The molecule has 0 fully saturated rings. The molecule has 1 aromatic heterocycles. The second-order valence-electron chi connectivity index (χ2n) is 4.08. The van der Waals surface area contributed by atoms with Gasteiger partial charge in [0.25, 0.3) is 0 Å². The van der Waals surface area contributed by atoms with Crippen molar-refractivity contribution in [1.82, 2.24) is 5.32 Å². The minimum atomic E-state index is -3.12. The van der Waals surface area contributed by atoms with Crippen LogP contribution in [0.2, 0.25) is 0 Å². The van der Waals surface area contributed by atoms with Gasteiger partial charge in [-0.3, -0.25) is 0 Å². The number of benzene rings is 1. The van der Waals surface area contributed by atoms with Gasteiger partial charge in [0, 0.05) is 11.1 Å². The number of nitrogens with one attached hydrogen (secondary N) is 1. The van der Waals surface area contributed by atoms with Crippen LogP contribution < -0.4 is 5.32 Å². The molecular weight excluding hydrogens is 266 g/mol. The molecule has 1 unspecified atom stereocenters. The van der Waals surface area contributed by atoms with E-state index in [1.54, 1.807) is 23.5 Å². The third-order valence-electron chi connectivity index (χ3n) is 2.76. The summed E-state index contributed by atoms with van der Waals surface area (Å²) in [4.78, 5) is 1.57. The van der Waals surface area contributed by atoms with Crippen molar-refractivity contribution in [1.29, 1.82) is 0 Å². The zero-order valence-electron chi connectivity index (χ0n) is 10.3. The van der Waals surface area contributed by atoms with E-state index in [1.807, 2.05) is 30.6 Å². The molecule has 0 saturated carbocycles. The predicted octanol–water partition coefficient (Wildman–Crippen LogP) is 2.46. The largest absolute Gasteiger partial charge is 0.309 e. The van der Waals surface area contributed by atoms with Crippen LogP contribution in [0.5, 0.6) is 0 Å². The fourth-order valence-electron chi connectivity index (χ4n) is 1.84. The van der Waals surface area contributed by atoms with Gasteiger partial charge in [-0.05, 0) is 36.2 Å². The maximum absolute atomic E-state index is 11.4. The van der Waals surface area contributed by atoms with E-state index in [1.165, 1.54) is 11.1 Å². The Balaban J connectivity index is 2.34. The molecule has 1 atom stereocenters. The summed E-state index contributed by atoms with van der Waals surface area (Å²) >= 11 is 1.68. The third-order valence-corrected chi connectivity index (χ3v) is 4.82. The molecule has 1 aromatic carbocycles. The fourth-order valence-corrected chi connectivity index (χ4v) is 3.33. The molecule has 1 N–H and O–H groups in total. The Hall–Kier alpha value is -1.17. The van der Waals surface area contributed by atoms with Gasteiger partial charge < -0.3 is 5.32 Å². The molecule has 0 spiro atoms. The number of sulfone groups is 1. The first-order valence-electron chi connectivity index (χ1n) is 5.53. The molecule has 5 heteroatoms. The molecule has 18 heavy (non-hydrogen) atoms. The summed E-state index contributed by atoms with van der Waals surface area (Å²) in [6, 6.07) is 11.2. The van der Waals surface area contributed by atoms with Crippen molar-refractivity contribution in [3.05, 3.63) is 52.2 Å². The number of rotatable bonds is 4. The molecule has 2 aromatic rings. The highest BCUT2D eigenvalue weighted by atomic mass is 32.2. The second kappa shape index (κ2) is 5.22. The van der Waals surface area contributed by atoms with Crippen LogP contribution in [0.15, 0.2) is 46.7 Å². The van der Waals surface area contributed by atoms with Crippen LogP contribution in [0.1, 0.15) is 16.5 Å². The van der Waals surface area contributed by atoms with E-state index in [-0.39, 0.29) is 6.04 Å². The van der Waals surface area contributed by atoms with Gasteiger partial charge >= 0.3 is 0 Å². The van der Waals surface area contributed by atoms with E-state index in [0.717, 1.165) is 5.56 Å². The van der Waals surface area contributed by atoms with Gasteiger partial charge in [-0.25, -0.2) is 8.42 Å². The highest BCUT2D eigenvalue weighted by Gasteiger charge is 2.14. The van der Waals surface area contributed by atoms with Crippen LogP contribution in [0, 0.1) is 0 Å². The molecule has 96 valence electrons. The number of hydrogen-bond acceptors (Lipinski definition) is 4. The summed E-state index contributed by atoms with van der Waals surface area (Å²) < 4.78 is 22.8. The zero-order valence-corrected chi connectivity index (χ0v) is 11.9. The summed E-state index contributed by atoms with van der Waals surface area (Å²) in [5, 5.41) is 5.27. The maximum atomic E-state index is 11.4. The van der Waals surface area contributed by atoms with E-state index in [9.17, 15) is 8.42 Å². The molecular formula is C13H15NO2S2. The minimum Gasteiger partial charge on any atom is -0.309 e. The Labute approximate surface area is 111 Å². The van der Waals surface area contributed by atoms with Crippen molar-refractivity contribution in [2.75, 3.05) is 13.3 Å². The van der Waals surface area contributed by atoms with Crippen LogP contribution >= 0.6 is 11.3 Å². The SMILES string of the molecule is CNC(c1ccc(S(C)(=O)=O)cc1)c1cccs1. The van der Waals surface area contributed by atoms with Crippen LogP contribution in [0.3, 0.4) is 0 Å². The van der Waals surface area contributed by atoms with Crippen molar-refractivity contribution < 1.29 is 8.42 Å². The lowest BCUT2D eigenvalue weighted by molar-refractivity contribution is 0.601. The Morgan fingerprint density at radius 1 is 1.17 bits per heavy atom. The smallest absolute Gasteiger partial charge is 0.175 e. The van der Waals surface area contributed by atoms with Crippen molar-refractivity contribution in [3.8, 4) is 0 Å². The van der Waals surface area contributed by atoms with Gasteiger partial charge in [0.05, 0.1) is 10.9 Å². The highest BCUT2D eigenvalue weighted by Crippen LogP contribution is 2.26. The molecule has 0 aliphatic rings. The highest BCUT2D eigenvalue weighted by molar-refractivity contribution is 7.90. The number of thiophene rings is 1. The van der Waals surface area contributed by atoms with Crippen LogP contribution in [-0.4, -0.2) is 21.7 Å². The Bertz CT molecular complexity index is 601. The average molecular weight is 281 g/mol. The van der Waals surface area contributed by atoms with Crippen molar-refractivity contribution >= 4 is 21.2 Å². The quantitative estimate of drug-likeness (QED) is 0.936. The molecule has 2 rings (SSSR count). The average Bonchev–Trinajstić information content (AvgIpc) is 2.83. The monoisotopic (exact) mass is 281 g/mol. The normalized spacial score (nSPS) is 13.4. The second-order valence-corrected chi connectivity index (χ2v) is 7.07. The van der Waals surface area contributed by atoms with Crippen molar-refractivity contribution in [2.45, 2.75) is 10.9 Å². The van der Waals surface area contributed by atoms with Gasteiger partial charge in [-0.2, -0.15) is 0 Å². The van der Waals surface area contributed by atoms with E-state index in [4.69, 9.17) is 0 Å². The maximum Gasteiger partial charge on any atom is 0.175 e. The lowest BCUT2D eigenvalue weighted by Gasteiger charge is -2.15. The van der Waals surface area contributed by atoms with Gasteiger partial charge in [-0.1, -0.05) is 18.2 Å². The van der Waals surface area contributed by atoms with Gasteiger partial charge in [0.2, 0.25) is 0 Å². The standard InChI is InChI=1S/C13H15NO2S2/c1-14-13(12-4-3-9-17-12)10-5-7-11(8-6-10)18(2,15)16/h3-9,13-14H,1-2H3. The Morgan fingerprint density at radius 3 is 2.28 bits per heavy atom. The summed E-state index contributed by atoms with van der Waals surface area (Å²) in [5.74, 6) is 0. The summed E-state index contributed by atoms with van der Waals surface area (Å²) in [6.07, 6.45) is 1.22. The molecule has 3 nitrogen and oxygen atoms in total. The Kier molecular flexibility index (Phi) is 3.85. The number of hydrogen-bond donors (Lipinski definition) is 1. The first kappa shape index (κ1) is 13.3. The molecule has 0 aliphatic heterocycles. The zero-order chi connectivity index (χ0) is 13.2. The molecule has 0 aliphatic carbocycles. The van der Waals surface area contributed by atoms with E-state index in [2.05, 4.69) is 11.4 Å². The molecule has 0 amide bonds. The molecule has 0 bridgehead atoms. The summed E-state index contributed by atoms with van der Waals surface area (Å²) in [6.45, 7) is 0. The van der Waals surface area contributed by atoms with E-state index >= 15 is 0 Å². The van der Waals surface area contributed by atoms with Gasteiger partial charge in [0.15, 0.2) is 9.84 Å². The van der Waals surface area contributed by atoms with Gasteiger partial charge in [-0.15, -0.1) is 11.3 Å². The van der Waals surface area contributed by atoms with E-state index < -0.39 is 9.84 Å². The predicted molar refractivity (Wildman–Crippen MR) is 74.8 cm³/mol. The van der Waals surface area contributed by atoms with Crippen LogP contribution in [0.4, 0.5) is 0 Å². The lowest BCUT2D eigenvalue weighted by Crippen LogP contribution is -2.16. The van der Waals surface area contributed by atoms with Crippen molar-refractivity contribution in [3.63, 3.8) is 0 Å². The van der Waals surface area contributed by atoms with Crippen molar-refractivity contribution in [2.24, 2.45) is 0 Å². The van der Waals surface area contributed by atoms with E-state index in [0.29, 0.717) is 4.90 Å². The topological polar surface area (TPSA) is 46.2 Å². The van der Waals surface area contributed by atoms with Gasteiger partial charge in [0.1, 0.15) is 0 Å². The summed E-state index contributed by atoms with van der Waals surface area (Å²) in [5.41, 5.74) is 1.06. The molecule has 0 radical (unpaired) electrons. The molecule has 0 saturated heterocycles. The third kappa shape index (κ3) is 2.80. The fraction of sp³-hybridized carbons (Fsp3) is 0.231. The molecule has 1 heterocycles. The van der Waals surface area contributed by atoms with Crippen LogP contribution in [-0.2, 0) is 9.84 Å². The Morgan fingerprint density at radius 2 is 1.83 bits per heavy atom. The first-order valence-corrected chi connectivity index (χ1v) is 8.30. The minimum absolute atomic E-state index is 0.110. The first-order chi connectivity index (χ1) is 8.52. The van der Waals surface area contributed by atoms with Crippen LogP contribution in [0.25, 0.3) is 0 Å². The summed E-state index contributed by atoms with van der Waals surface area (Å²) in [7, 11) is -1.23. The lowest BCUT2D eigenvalue weighted by atomic mass is 10.1.